The number of hydrogen-bond acceptors (Lipinski definition) is 1. The van der Waals surface area contributed by atoms with Crippen molar-refractivity contribution in [2.45, 2.75) is 31.0 Å². The molecule has 72 valence electrons. The van der Waals surface area contributed by atoms with Gasteiger partial charge in [-0.2, -0.15) is 0 Å². The lowest BCUT2D eigenvalue weighted by Crippen LogP contribution is -2.09. The van der Waals surface area contributed by atoms with Crippen molar-refractivity contribution < 1.29 is 0 Å². The Morgan fingerprint density at radius 2 is 2.31 bits per heavy atom. The molecule has 0 spiro atoms. The van der Waals surface area contributed by atoms with Crippen LogP contribution in [0.15, 0.2) is 18.3 Å². The molecule has 1 aromatic heterocycles. The maximum atomic E-state index is 6.04. The molecule has 13 heavy (non-hydrogen) atoms. The third kappa shape index (κ3) is 2.68. The van der Waals surface area contributed by atoms with Crippen LogP contribution in [0.1, 0.15) is 31.9 Å². The van der Waals surface area contributed by atoms with Crippen molar-refractivity contribution in [1.82, 2.24) is 4.98 Å². The summed E-state index contributed by atoms with van der Waals surface area (Å²) in [6.45, 7) is 4.28. The molecule has 3 heteroatoms. The number of pyridine rings is 1. The molecule has 0 aliphatic heterocycles. The van der Waals surface area contributed by atoms with Crippen LogP contribution >= 0.6 is 27.5 Å². The van der Waals surface area contributed by atoms with Crippen LogP contribution in [0, 0.1) is 0 Å². The van der Waals surface area contributed by atoms with Gasteiger partial charge in [0.05, 0.1) is 10.7 Å². The van der Waals surface area contributed by atoms with E-state index in [1.807, 2.05) is 12.1 Å². The zero-order valence-electron chi connectivity index (χ0n) is 7.80. The molecule has 1 nitrogen and oxygen atoms in total. The van der Waals surface area contributed by atoms with Crippen LogP contribution in [-0.2, 0) is 0 Å². The average molecular weight is 263 g/mol. The van der Waals surface area contributed by atoms with E-state index in [0.29, 0.717) is 10.7 Å². The Balaban J connectivity index is 2.88. The van der Waals surface area contributed by atoms with E-state index in [0.717, 1.165) is 17.1 Å². The van der Waals surface area contributed by atoms with Gasteiger partial charge in [0, 0.05) is 16.9 Å². The summed E-state index contributed by atoms with van der Waals surface area (Å²) in [5.74, 6) is 0.360. The first-order valence-corrected chi connectivity index (χ1v) is 5.70. The Morgan fingerprint density at radius 1 is 1.62 bits per heavy atom. The van der Waals surface area contributed by atoms with Crippen molar-refractivity contribution in [1.29, 1.82) is 0 Å². The molecule has 0 fully saturated rings. The van der Waals surface area contributed by atoms with Gasteiger partial charge < -0.3 is 0 Å². The zero-order chi connectivity index (χ0) is 9.84. The van der Waals surface area contributed by atoms with E-state index in [2.05, 4.69) is 34.8 Å². The maximum absolute atomic E-state index is 6.04. The number of nitrogens with zero attached hydrogens (tertiary/aromatic N) is 1. The van der Waals surface area contributed by atoms with Crippen molar-refractivity contribution in [2.75, 3.05) is 0 Å². The molecule has 0 saturated carbocycles. The van der Waals surface area contributed by atoms with Gasteiger partial charge in [0.25, 0.3) is 0 Å². The fourth-order valence-electron chi connectivity index (χ4n) is 1.26. The summed E-state index contributed by atoms with van der Waals surface area (Å²) in [6.07, 6.45) is 2.86. The van der Waals surface area contributed by atoms with Crippen molar-refractivity contribution in [2.24, 2.45) is 0 Å². The minimum Gasteiger partial charge on any atom is -0.259 e. The third-order valence-electron chi connectivity index (χ3n) is 2.15. The van der Waals surface area contributed by atoms with Crippen LogP contribution in [0.2, 0.25) is 5.02 Å². The Hall–Kier alpha value is -0.0800. The van der Waals surface area contributed by atoms with E-state index < -0.39 is 0 Å². The van der Waals surface area contributed by atoms with E-state index in [1.54, 1.807) is 6.20 Å². The van der Waals surface area contributed by atoms with Gasteiger partial charge >= 0.3 is 0 Å². The highest BCUT2D eigenvalue weighted by Crippen LogP contribution is 2.29. The molecule has 2 atom stereocenters. The standard InChI is InChI=1S/C10H13BrClN/c1-3-8(11)7(2)10-9(12)5-4-6-13-10/h4-8H,3H2,1-2H3. The SMILES string of the molecule is CCC(Br)C(C)c1ncccc1Cl. The van der Waals surface area contributed by atoms with Gasteiger partial charge in [-0.3, -0.25) is 4.98 Å². The Bertz CT molecular complexity index is 277. The second-order valence-electron chi connectivity index (χ2n) is 3.08. The Kier molecular flexibility index (Phi) is 4.20. The second kappa shape index (κ2) is 4.97. The van der Waals surface area contributed by atoms with Crippen LogP contribution in [0.3, 0.4) is 0 Å². The highest BCUT2D eigenvalue weighted by molar-refractivity contribution is 9.09. The summed E-state index contributed by atoms with van der Waals surface area (Å²) < 4.78 is 0. The summed E-state index contributed by atoms with van der Waals surface area (Å²) in [4.78, 5) is 4.73. The van der Waals surface area contributed by atoms with E-state index in [1.165, 1.54) is 0 Å². The average Bonchev–Trinajstić information content (AvgIpc) is 2.16. The smallest absolute Gasteiger partial charge is 0.0628 e. The van der Waals surface area contributed by atoms with Crippen LogP contribution in [0.5, 0.6) is 0 Å². The predicted octanol–water partition coefficient (Wildman–Crippen LogP) is 4.01. The molecule has 0 bridgehead atoms. The molecule has 0 saturated heterocycles. The molecule has 0 N–H and O–H groups in total. The highest BCUT2D eigenvalue weighted by Gasteiger charge is 2.17. The molecule has 1 rings (SSSR count). The van der Waals surface area contributed by atoms with Crippen LogP contribution in [0.4, 0.5) is 0 Å². The number of halogens is 2. The van der Waals surface area contributed by atoms with E-state index >= 15 is 0 Å². The van der Waals surface area contributed by atoms with Gasteiger partial charge in [0.2, 0.25) is 0 Å². The largest absolute Gasteiger partial charge is 0.259 e. The topological polar surface area (TPSA) is 12.9 Å². The summed E-state index contributed by atoms with van der Waals surface area (Å²) in [5.41, 5.74) is 0.980. The molecule has 0 aliphatic rings. The Labute approximate surface area is 92.6 Å². The minimum absolute atomic E-state index is 0.360. The number of alkyl halides is 1. The van der Waals surface area contributed by atoms with Gasteiger partial charge in [-0.1, -0.05) is 41.4 Å². The molecule has 0 radical (unpaired) electrons. The quantitative estimate of drug-likeness (QED) is 0.750. The van der Waals surface area contributed by atoms with Gasteiger partial charge in [-0.05, 0) is 18.6 Å². The van der Waals surface area contributed by atoms with Crippen molar-refractivity contribution in [3.63, 3.8) is 0 Å². The molecule has 0 aromatic carbocycles. The lowest BCUT2D eigenvalue weighted by atomic mass is 10.0. The van der Waals surface area contributed by atoms with E-state index in [4.69, 9.17) is 11.6 Å². The minimum atomic E-state index is 0.360. The van der Waals surface area contributed by atoms with Gasteiger partial charge in [-0.15, -0.1) is 0 Å². The fourth-order valence-corrected chi connectivity index (χ4v) is 1.80. The third-order valence-corrected chi connectivity index (χ3v) is 3.91. The van der Waals surface area contributed by atoms with E-state index in [9.17, 15) is 0 Å². The molecular weight excluding hydrogens is 249 g/mol. The monoisotopic (exact) mass is 261 g/mol. The van der Waals surface area contributed by atoms with E-state index in [-0.39, 0.29) is 0 Å². The van der Waals surface area contributed by atoms with Crippen molar-refractivity contribution >= 4 is 27.5 Å². The molecule has 0 amide bonds. The molecule has 1 aromatic rings. The number of hydrogen-bond donors (Lipinski definition) is 0. The lowest BCUT2D eigenvalue weighted by molar-refractivity contribution is 0.675. The van der Waals surface area contributed by atoms with Crippen molar-refractivity contribution in [3.05, 3.63) is 29.0 Å². The Morgan fingerprint density at radius 3 is 2.85 bits per heavy atom. The summed E-state index contributed by atoms with van der Waals surface area (Å²) in [5, 5.41) is 0.757. The first-order chi connectivity index (χ1) is 6.16. The summed E-state index contributed by atoms with van der Waals surface area (Å²) in [7, 11) is 0. The summed E-state index contributed by atoms with van der Waals surface area (Å²) >= 11 is 9.65. The normalized spacial score (nSPS) is 15.4. The number of rotatable bonds is 3. The fraction of sp³-hybridized carbons (Fsp3) is 0.500. The maximum Gasteiger partial charge on any atom is 0.0628 e. The summed E-state index contributed by atoms with van der Waals surface area (Å²) in [6, 6.07) is 3.74. The predicted molar refractivity (Wildman–Crippen MR) is 60.7 cm³/mol. The highest BCUT2D eigenvalue weighted by atomic mass is 79.9. The molecule has 1 heterocycles. The second-order valence-corrected chi connectivity index (χ2v) is 4.67. The van der Waals surface area contributed by atoms with Gasteiger partial charge in [0.1, 0.15) is 0 Å². The number of aromatic nitrogens is 1. The first-order valence-electron chi connectivity index (χ1n) is 4.41. The van der Waals surface area contributed by atoms with Gasteiger partial charge in [0.15, 0.2) is 0 Å². The lowest BCUT2D eigenvalue weighted by Gasteiger charge is -2.16. The van der Waals surface area contributed by atoms with Crippen LogP contribution in [-0.4, -0.2) is 9.81 Å². The van der Waals surface area contributed by atoms with Crippen LogP contribution in [0.25, 0.3) is 0 Å². The molecule has 0 aliphatic carbocycles. The first kappa shape index (κ1) is 11.0. The molecular formula is C10H13BrClN. The molecule has 2 unspecified atom stereocenters. The van der Waals surface area contributed by atoms with Crippen LogP contribution < -0.4 is 0 Å². The zero-order valence-corrected chi connectivity index (χ0v) is 10.1. The van der Waals surface area contributed by atoms with Gasteiger partial charge in [-0.25, -0.2) is 0 Å². The van der Waals surface area contributed by atoms with Crippen molar-refractivity contribution in [3.8, 4) is 0 Å².